The van der Waals surface area contributed by atoms with Gasteiger partial charge in [0.2, 0.25) is 5.91 Å². The van der Waals surface area contributed by atoms with Gasteiger partial charge in [0.25, 0.3) is 5.89 Å². The number of amides is 1. The maximum Gasteiger partial charge on any atom is 0.258 e. The molecule has 6 heteroatoms. The molecule has 0 aliphatic carbocycles. The Morgan fingerprint density at radius 1 is 1.10 bits per heavy atom. The van der Waals surface area contributed by atoms with Gasteiger partial charge in [-0.25, -0.2) is 0 Å². The number of carbonyl (C=O) groups is 1. The van der Waals surface area contributed by atoms with Gasteiger partial charge in [0.15, 0.2) is 5.82 Å². The summed E-state index contributed by atoms with van der Waals surface area (Å²) in [4.78, 5) is 21.3. The van der Waals surface area contributed by atoms with Crippen molar-refractivity contribution in [1.82, 2.24) is 10.1 Å². The van der Waals surface area contributed by atoms with Crippen LogP contribution >= 0.6 is 0 Å². The second-order valence-corrected chi connectivity index (χ2v) is 8.06. The molecule has 0 N–H and O–H groups in total. The van der Waals surface area contributed by atoms with E-state index in [1.54, 1.807) is 0 Å². The molecule has 29 heavy (non-hydrogen) atoms. The van der Waals surface area contributed by atoms with E-state index in [1.165, 1.54) is 5.56 Å². The van der Waals surface area contributed by atoms with Crippen LogP contribution in [0.25, 0.3) is 11.5 Å². The summed E-state index contributed by atoms with van der Waals surface area (Å²) in [5.41, 5.74) is 6.38. The minimum Gasteiger partial charge on any atom is -0.378 e. The molecule has 1 aliphatic heterocycles. The van der Waals surface area contributed by atoms with Gasteiger partial charge in [-0.2, -0.15) is 4.98 Å². The van der Waals surface area contributed by atoms with E-state index in [4.69, 9.17) is 4.52 Å². The van der Waals surface area contributed by atoms with Gasteiger partial charge in [0.05, 0.1) is 0 Å². The molecule has 2 aromatic carbocycles. The van der Waals surface area contributed by atoms with Crippen LogP contribution in [-0.4, -0.2) is 36.7 Å². The fourth-order valence-corrected chi connectivity index (χ4v) is 4.13. The third kappa shape index (κ3) is 3.62. The van der Waals surface area contributed by atoms with Crippen LogP contribution < -0.4 is 9.80 Å². The van der Waals surface area contributed by atoms with E-state index in [0.717, 1.165) is 28.1 Å². The van der Waals surface area contributed by atoms with Crippen molar-refractivity contribution in [2.24, 2.45) is 0 Å². The molecule has 4 rings (SSSR count). The Morgan fingerprint density at radius 2 is 1.83 bits per heavy atom. The summed E-state index contributed by atoms with van der Waals surface area (Å²) < 4.78 is 5.53. The molecule has 3 aromatic rings. The highest BCUT2D eigenvalue weighted by Crippen LogP contribution is 2.35. The molecule has 0 spiro atoms. The van der Waals surface area contributed by atoms with Gasteiger partial charge in [0, 0.05) is 49.9 Å². The molecule has 0 radical (unpaired) electrons. The minimum atomic E-state index is -0.0721. The second-order valence-electron chi connectivity index (χ2n) is 8.06. The Kier molecular flexibility index (Phi) is 4.86. The number of benzene rings is 2. The standard InChI is InChI=1S/C23H26N4O2/c1-14-9-15(2)21(16(3)10-14)27-13-18(12-20(27)28)22-24-23(29-25-22)17-7-6-8-19(11-17)26(4)5/h6-11,18H,12-13H2,1-5H3. The van der Waals surface area contributed by atoms with Crippen LogP contribution in [0.5, 0.6) is 0 Å². The fourth-order valence-electron chi connectivity index (χ4n) is 4.13. The molecule has 1 aromatic heterocycles. The van der Waals surface area contributed by atoms with Gasteiger partial charge in [0.1, 0.15) is 0 Å². The molecule has 1 amide bonds. The molecular weight excluding hydrogens is 364 g/mol. The highest BCUT2D eigenvalue weighted by atomic mass is 16.5. The van der Waals surface area contributed by atoms with Gasteiger partial charge in [-0.1, -0.05) is 28.9 Å². The Labute approximate surface area is 171 Å². The average molecular weight is 390 g/mol. The van der Waals surface area contributed by atoms with E-state index in [2.05, 4.69) is 43.0 Å². The molecule has 1 fully saturated rings. The van der Waals surface area contributed by atoms with E-state index in [0.29, 0.717) is 24.7 Å². The molecular formula is C23H26N4O2. The van der Waals surface area contributed by atoms with Crippen molar-refractivity contribution in [2.45, 2.75) is 33.1 Å². The van der Waals surface area contributed by atoms with Gasteiger partial charge in [-0.15, -0.1) is 0 Å². The quantitative estimate of drug-likeness (QED) is 0.666. The van der Waals surface area contributed by atoms with Crippen LogP contribution in [0.2, 0.25) is 0 Å². The number of aryl methyl sites for hydroxylation is 3. The van der Waals surface area contributed by atoms with Gasteiger partial charge in [-0.3, -0.25) is 4.79 Å². The number of aromatic nitrogens is 2. The summed E-state index contributed by atoms with van der Waals surface area (Å²) in [6.45, 7) is 6.76. The summed E-state index contributed by atoms with van der Waals surface area (Å²) in [7, 11) is 3.98. The van der Waals surface area contributed by atoms with Crippen LogP contribution in [0.1, 0.15) is 34.9 Å². The third-order valence-electron chi connectivity index (χ3n) is 5.45. The SMILES string of the molecule is Cc1cc(C)c(N2CC(c3noc(-c4cccc(N(C)C)c4)n3)CC2=O)c(C)c1. The number of carbonyl (C=O) groups excluding carboxylic acids is 1. The van der Waals surface area contributed by atoms with Gasteiger partial charge < -0.3 is 14.3 Å². The molecule has 150 valence electrons. The predicted octanol–water partition coefficient (Wildman–Crippen LogP) is 4.25. The van der Waals surface area contributed by atoms with Crippen molar-refractivity contribution in [3.05, 3.63) is 58.9 Å². The van der Waals surface area contributed by atoms with Crippen LogP contribution in [-0.2, 0) is 4.79 Å². The van der Waals surface area contributed by atoms with E-state index in [-0.39, 0.29) is 11.8 Å². The van der Waals surface area contributed by atoms with Crippen LogP contribution in [0, 0.1) is 20.8 Å². The van der Waals surface area contributed by atoms with Crippen molar-refractivity contribution < 1.29 is 9.32 Å². The molecule has 0 bridgehead atoms. The van der Waals surface area contributed by atoms with Crippen molar-refractivity contribution in [2.75, 3.05) is 30.4 Å². The fraction of sp³-hybridized carbons (Fsp3) is 0.348. The average Bonchev–Trinajstić information content (AvgIpc) is 3.29. The number of hydrogen-bond acceptors (Lipinski definition) is 5. The van der Waals surface area contributed by atoms with Crippen molar-refractivity contribution >= 4 is 17.3 Å². The monoisotopic (exact) mass is 390 g/mol. The number of anilines is 2. The maximum absolute atomic E-state index is 12.8. The topological polar surface area (TPSA) is 62.5 Å². The minimum absolute atomic E-state index is 0.0721. The lowest BCUT2D eigenvalue weighted by molar-refractivity contribution is -0.117. The lowest BCUT2D eigenvalue weighted by atomic mass is 10.0. The first-order valence-corrected chi connectivity index (χ1v) is 9.83. The Morgan fingerprint density at radius 3 is 2.52 bits per heavy atom. The molecule has 1 aliphatic rings. The van der Waals surface area contributed by atoms with Crippen LogP contribution in [0.4, 0.5) is 11.4 Å². The summed E-state index contributed by atoms with van der Waals surface area (Å²) in [5, 5.41) is 4.19. The van der Waals surface area contributed by atoms with Crippen LogP contribution in [0.3, 0.4) is 0 Å². The van der Waals surface area contributed by atoms with Crippen molar-refractivity contribution in [3.8, 4) is 11.5 Å². The van der Waals surface area contributed by atoms with Crippen molar-refractivity contribution in [1.29, 1.82) is 0 Å². The molecule has 1 unspecified atom stereocenters. The number of nitrogens with zero attached hydrogens (tertiary/aromatic N) is 4. The van der Waals surface area contributed by atoms with E-state index >= 15 is 0 Å². The van der Waals surface area contributed by atoms with E-state index in [9.17, 15) is 4.79 Å². The zero-order valence-corrected chi connectivity index (χ0v) is 17.6. The summed E-state index contributed by atoms with van der Waals surface area (Å²) in [6, 6.07) is 12.2. The Hall–Kier alpha value is -3.15. The molecule has 1 atom stereocenters. The first-order chi connectivity index (χ1) is 13.8. The van der Waals surface area contributed by atoms with E-state index < -0.39 is 0 Å². The first kappa shape index (κ1) is 19.2. The number of hydrogen-bond donors (Lipinski definition) is 0. The summed E-state index contributed by atoms with van der Waals surface area (Å²) >= 11 is 0. The zero-order chi connectivity index (χ0) is 20.7. The van der Waals surface area contributed by atoms with Gasteiger partial charge >= 0.3 is 0 Å². The smallest absolute Gasteiger partial charge is 0.258 e. The zero-order valence-electron chi connectivity index (χ0n) is 17.6. The Bertz CT molecular complexity index is 1050. The maximum atomic E-state index is 12.8. The predicted molar refractivity (Wildman–Crippen MR) is 114 cm³/mol. The summed E-state index contributed by atoms with van der Waals surface area (Å²) in [6.07, 6.45) is 0.392. The molecule has 1 saturated heterocycles. The second kappa shape index (κ2) is 7.35. The highest BCUT2D eigenvalue weighted by molar-refractivity contribution is 5.97. The summed E-state index contributed by atoms with van der Waals surface area (Å²) in [5.74, 6) is 1.11. The normalized spacial score (nSPS) is 16.5. The van der Waals surface area contributed by atoms with E-state index in [1.807, 2.05) is 48.2 Å². The number of rotatable bonds is 4. The van der Waals surface area contributed by atoms with Crippen molar-refractivity contribution in [3.63, 3.8) is 0 Å². The third-order valence-corrected chi connectivity index (χ3v) is 5.45. The van der Waals surface area contributed by atoms with Gasteiger partial charge in [-0.05, 0) is 50.1 Å². The first-order valence-electron chi connectivity index (χ1n) is 9.83. The Balaban J connectivity index is 1.59. The highest BCUT2D eigenvalue weighted by Gasteiger charge is 2.35. The molecule has 0 saturated carbocycles. The lowest BCUT2D eigenvalue weighted by Crippen LogP contribution is -2.26. The molecule has 6 nitrogen and oxygen atoms in total. The lowest BCUT2D eigenvalue weighted by Gasteiger charge is -2.22. The van der Waals surface area contributed by atoms with Crippen LogP contribution in [0.15, 0.2) is 40.9 Å². The largest absolute Gasteiger partial charge is 0.378 e. The molecule has 2 heterocycles.